The zero-order valence-electron chi connectivity index (χ0n) is 11.5. The molecule has 0 radical (unpaired) electrons. The van der Waals surface area contributed by atoms with Crippen LogP contribution in [0.1, 0.15) is 5.56 Å². The maximum atomic E-state index is 11.8. The van der Waals surface area contributed by atoms with Gasteiger partial charge in [-0.05, 0) is 34.5 Å². The first kappa shape index (κ1) is 14.9. The quantitative estimate of drug-likeness (QED) is 0.753. The number of benzene rings is 1. The van der Waals surface area contributed by atoms with Crippen LogP contribution in [0, 0.1) is 0 Å². The van der Waals surface area contributed by atoms with E-state index in [2.05, 4.69) is 26.0 Å². The van der Waals surface area contributed by atoms with E-state index in [4.69, 9.17) is 11.6 Å². The summed E-state index contributed by atoms with van der Waals surface area (Å²) in [5.41, 5.74) is 1.13. The summed E-state index contributed by atoms with van der Waals surface area (Å²) in [6.45, 7) is 0.808. The number of nitrogens with zero attached hydrogens (tertiary/aromatic N) is 2. The molecule has 0 saturated heterocycles. The number of anilines is 1. The van der Waals surface area contributed by atoms with Crippen molar-refractivity contribution >= 4 is 44.7 Å². The zero-order valence-corrected chi connectivity index (χ0v) is 13.1. The number of fused-ring (bicyclic) bond motifs is 1. The second-order valence-electron chi connectivity index (χ2n) is 4.64. The number of rotatable bonds is 5. The van der Waals surface area contributed by atoms with Crippen LogP contribution in [0.15, 0.2) is 42.2 Å². The van der Waals surface area contributed by atoms with E-state index in [1.54, 1.807) is 17.5 Å². The Morgan fingerprint density at radius 3 is 3.05 bits per heavy atom. The molecule has 1 aromatic carbocycles. The SMILES string of the molecule is O=C(CNCc1csc2ccc(Cl)cc12)Nc1cnccn1. The van der Waals surface area contributed by atoms with Gasteiger partial charge in [0, 0.05) is 28.7 Å². The number of hydrogen-bond donors (Lipinski definition) is 2. The third kappa shape index (κ3) is 3.59. The fraction of sp³-hybridized carbons (Fsp3) is 0.133. The van der Waals surface area contributed by atoms with E-state index in [0.717, 1.165) is 10.9 Å². The van der Waals surface area contributed by atoms with Gasteiger partial charge in [0.25, 0.3) is 0 Å². The van der Waals surface area contributed by atoms with Crippen molar-refractivity contribution in [3.05, 3.63) is 52.8 Å². The molecule has 1 amide bonds. The normalized spacial score (nSPS) is 10.8. The number of hydrogen-bond acceptors (Lipinski definition) is 5. The Hall–Kier alpha value is -2.02. The fourth-order valence-electron chi connectivity index (χ4n) is 2.05. The second kappa shape index (κ2) is 6.83. The van der Waals surface area contributed by atoms with Crippen molar-refractivity contribution in [1.29, 1.82) is 0 Å². The van der Waals surface area contributed by atoms with Crippen molar-refractivity contribution < 1.29 is 4.79 Å². The molecule has 0 aliphatic rings. The van der Waals surface area contributed by atoms with Gasteiger partial charge >= 0.3 is 0 Å². The van der Waals surface area contributed by atoms with Crippen LogP contribution in [-0.2, 0) is 11.3 Å². The summed E-state index contributed by atoms with van der Waals surface area (Å²) in [4.78, 5) is 19.7. The molecular formula is C15H13ClN4OS. The topological polar surface area (TPSA) is 66.9 Å². The predicted molar refractivity (Wildman–Crippen MR) is 89.2 cm³/mol. The van der Waals surface area contributed by atoms with Crippen LogP contribution >= 0.6 is 22.9 Å². The highest BCUT2D eigenvalue weighted by Crippen LogP contribution is 2.28. The molecule has 112 valence electrons. The van der Waals surface area contributed by atoms with E-state index in [0.29, 0.717) is 17.4 Å². The van der Waals surface area contributed by atoms with E-state index in [9.17, 15) is 4.79 Å². The van der Waals surface area contributed by atoms with Gasteiger partial charge in [0.05, 0.1) is 12.7 Å². The first-order valence-electron chi connectivity index (χ1n) is 6.64. The molecule has 3 rings (SSSR count). The molecule has 7 heteroatoms. The largest absolute Gasteiger partial charge is 0.308 e. The lowest BCUT2D eigenvalue weighted by Gasteiger charge is -2.05. The Kier molecular flexibility index (Phi) is 4.62. The number of carbonyl (C=O) groups is 1. The lowest BCUT2D eigenvalue weighted by Crippen LogP contribution is -2.28. The number of nitrogens with one attached hydrogen (secondary N) is 2. The molecule has 0 saturated carbocycles. The molecule has 5 nitrogen and oxygen atoms in total. The summed E-state index contributed by atoms with van der Waals surface area (Å²) >= 11 is 7.70. The first-order chi connectivity index (χ1) is 10.7. The average molecular weight is 333 g/mol. The lowest BCUT2D eigenvalue weighted by atomic mass is 10.2. The highest BCUT2D eigenvalue weighted by molar-refractivity contribution is 7.17. The van der Waals surface area contributed by atoms with Crippen molar-refractivity contribution in [3.8, 4) is 0 Å². The minimum absolute atomic E-state index is 0.155. The summed E-state index contributed by atoms with van der Waals surface area (Å²) in [7, 11) is 0. The summed E-state index contributed by atoms with van der Waals surface area (Å²) in [6, 6.07) is 5.84. The Bertz CT molecular complexity index is 791. The van der Waals surface area contributed by atoms with Crippen LogP contribution in [0.25, 0.3) is 10.1 Å². The van der Waals surface area contributed by atoms with Crippen LogP contribution < -0.4 is 10.6 Å². The molecule has 2 aromatic heterocycles. The molecule has 22 heavy (non-hydrogen) atoms. The van der Waals surface area contributed by atoms with Crippen LogP contribution in [0.2, 0.25) is 5.02 Å². The van der Waals surface area contributed by atoms with Crippen molar-refractivity contribution in [2.45, 2.75) is 6.54 Å². The highest BCUT2D eigenvalue weighted by Gasteiger charge is 2.06. The van der Waals surface area contributed by atoms with Gasteiger partial charge in [0.2, 0.25) is 5.91 Å². The summed E-state index contributed by atoms with van der Waals surface area (Å²) < 4.78 is 1.19. The van der Waals surface area contributed by atoms with Crippen LogP contribution in [0.4, 0.5) is 5.82 Å². The molecule has 0 atom stereocenters. The minimum Gasteiger partial charge on any atom is -0.308 e. The summed E-state index contributed by atoms with van der Waals surface area (Å²) in [5, 5.41) is 9.72. The van der Waals surface area contributed by atoms with E-state index in [1.807, 2.05) is 18.2 Å². The van der Waals surface area contributed by atoms with Gasteiger partial charge in [0.15, 0.2) is 5.82 Å². The molecule has 0 spiro atoms. The molecule has 0 aliphatic carbocycles. The fourth-order valence-corrected chi connectivity index (χ4v) is 3.17. The summed E-state index contributed by atoms with van der Waals surface area (Å²) in [5.74, 6) is 0.292. The van der Waals surface area contributed by atoms with Gasteiger partial charge in [-0.25, -0.2) is 4.98 Å². The summed E-state index contributed by atoms with van der Waals surface area (Å²) in [6.07, 6.45) is 4.59. The van der Waals surface area contributed by atoms with Gasteiger partial charge in [-0.15, -0.1) is 11.3 Å². The minimum atomic E-state index is -0.155. The molecular weight excluding hydrogens is 320 g/mol. The van der Waals surface area contributed by atoms with Crippen LogP contribution in [0.3, 0.4) is 0 Å². The number of amides is 1. The van der Waals surface area contributed by atoms with Gasteiger partial charge in [0.1, 0.15) is 0 Å². The average Bonchev–Trinajstić information content (AvgIpc) is 2.91. The Morgan fingerprint density at radius 1 is 1.32 bits per heavy atom. The number of thiophene rings is 1. The van der Waals surface area contributed by atoms with Crippen molar-refractivity contribution in [1.82, 2.24) is 15.3 Å². The predicted octanol–water partition coefficient (Wildman–Crippen LogP) is 3.07. The molecule has 0 aliphatic heterocycles. The Labute approximate surface area is 136 Å². The molecule has 2 heterocycles. The van der Waals surface area contributed by atoms with Gasteiger partial charge in [-0.3, -0.25) is 9.78 Å². The number of carbonyl (C=O) groups excluding carboxylic acids is 1. The van der Waals surface area contributed by atoms with Gasteiger partial charge in [-0.2, -0.15) is 0 Å². The highest BCUT2D eigenvalue weighted by atomic mass is 35.5. The monoisotopic (exact) mass is 332 g/mol. The first-order valence-corrected chi connectivity index (χ1v) is 7.90. The Balaban J connectivity index is 1.56. The van der Waals surface area contributed by atoms with Crippen molar-refractivity contribution in [3.63, 3.8) is 0 Å². The molecule has 3 aromatic rings. The molecule has 0 unspecified atom stereocenters. The van der Waals surface area contributed by atoms with E-state index < -0.39 is 0 Å². The van der Waals surface area contributed by atoms with Crippen molar-refractivity contribution in [2.75, 3.05) is 11.9 Å². The van der Waals surface area contributed by atoms with E-state index in [1.165, 1.54) is 17.1 Å². The van der Waals surface area contributed by atoms with Crippen molar-refractivity contribution in [2.24, 2.45) is 0 Å². The van der Waals surface area contributed by atoms with Gasteiger partial charge in [-0.1, -0.05) is 11.6 Å². The second-order valence-corrected chi connectivity index (χ2v) is 5.99. The zero-order chi connectivity index (χ0) is 15.4. The molecule has 0 bridgehead atoms. The maximum Gasteiger partial charge on any atom is 0.239 e. The smallest absolute Gasteiger partial charge is 0.239 e. The molecule has 2 N–H and O–H groups in total. The van der Waals surface area contributed by atoms with E-state index >= 15 is 0 Å². The Morgan fingerprint density at radius 2 is 2.23 bits per heavy atom. The third-order valence-electron chi connectivity index (χ3n) is 3.05. The maximum absolute atomic E-state index is 11.8. The van der Waals surface area contributed by atoms with E-state index in [-0.39, 0.29) is 12.5 Å². The standard InChI is InChI=1S/C15H13ClN4OS/c16-11-1-2-13-12(5-11)10(9-22-13)6-18-8-15(21)20-14-7-17-3-4-19-14/h1-5,7,9,18H,6,8H2,(H,19,20,21). The van der Waals surface area contributed by atoms with Crippen LogP contribution in [-0.4, -0.2) is 22.4 Å². The van der Waals surface area contributed by atoms with Gasteiger partial charge < -0.3 is 10.6 Å². The van der Waals surface area contributed by atoms with Crippen LogP contribution in [0.5, 0.6) is 0 Å². The lowest BCUT2D eigenvalue weighted by molar-refractivity contribution is -0.115. The molecule has 0 fully saturated rings. The number of aromatic nitrogens is 2. The third-order valence-corrected chi connectivity index (χ3v) is 4.29. The number of halogens is 1.